The van der Waals surface area contributed by atoms with Crippen LogP contribution < -0.4 is 0 Å². The van der Waals surface area contributed by atoms with Gasteiger partial charge in [-0.25, -0.2) is 9.37 Å². The van der Waals surface area contributed by atoms with Crippen molar-refractivity contribution in [2.24, 2.45) is 0 Å². The number of halogens is 3. The molecule has 1 aromatic carbocycles. The van der Waals surface area contributed by atoms with Crippen LogP contribution >= 0.6 is 31.9 Å². The Morgan fingerprint density at radius 3 is 2.76 bits per heavy atom. The van der Waals surface area contributed by atoms with E-state index < -0.39 is 0 Å². The van der Waals surface area contributed by atoms with E-state index in [-0.39, 0.29) is 5.82 Å². The maximum absolute atomic E-state index is 13.3. The zero-order chi connectivity index (χ0) is 12.4. The van der Waals surface area contributed by atoms with Crippen LogP contribution in [0.5, 0.6) is 0 Å². The molecule has 0 aliphatic heterocycles. The first-order valence-electron chi connectivity index (χ1n) is 5.14. The van der Waals surface area contributed by atoms with Gasteiger partial charge in [0.1, 0.15) is 17.8 Å². The minimum Gasteiger partial charge on any atom is -0.448 e. The highest BCUT2D eigenvalue weighted by Crippen LogP contribution is 2.33. The maximum Gasteiger partial charge on any atom is 0.194 e. The summed E-state index contributed by atoms with van der Waals surface area (Å²) in [4.78, 5) is 4.36. The van der Waals surface area contributed by atoms with Gasteiger partial charge in [-0.3, -0.25) is 0 Å². The van der Waals surface area contributed by atoms with Crippen molar-refractivity contribution in [2.75, 3.05) is 0 Å². The second kappa shape index (κ2) is 5.31. The molecule has 2 nitrogen and oxygen atoms in total. The molecule has 0 bridgehead atoms. The Morgan fingerprint density at radius 1 is 1.41 bits per heavy atom. The predicted molar refractivity (Wildman–Crippen MR) is 71.6 cm³/mol. The molecule has 0 radical (unpaired) electrons. The van der Waals surface area contributed by atoms with Gasteiger partial charge in [-0.1, -0.05) is 22.9 Å². The molecule has 5 heteroatoms. The molecule has 0 saturated heterocycles. The standard InChI is InChI=1S/C12H10Br2FNO/c1-2-11-16-10(6-17-11)12-7(5-13)3-8(15)4-9(12)14/h3-4,6H,2,5H2,1H3. The number of alkyl halides is 1. The Kier molecular flexibility index (Phi) is 3.99. The molecule has 0 saturated carbocycles. The smallest absolute Gasteiger partial charge is 0.194 e. The highest BCUT2D eigenvalue weighted by molar-refractivity contribution is 9.10. The van der Waals surface area contributed by atoms with E-state index in [4.69, 9.17) is 4.42 Å². The Morgan fingerprint density at radius 2 is 2.18 bits per heavy atom. The van der Waals surface area contributed by atoms with Crippen molar-refractivity contribution < 1.29 is 8.81 Å². The van der Waals surface area contributed by atoms with Crippen molar-refractivity contribution in [3.05, 3.63) is 40.1 Å². The minimum absolute atomic E-state index is 0.269. The van der Waals surface area contributed by atoms with Crippen molar-refractivity contribution in [3.8, 4) is 11.3 Å². The summed E-state index contributed by atoms with van der Waals surface area (Å²) < 4.78 is 19.3. The lowest BCUT2D eigenvalue weighted by Gasteiger charge is -2.07. The van der Waals surface area contributed by atoms with Crippen LogP contribution in [0.2, 0.25) is 0 Å². The van der Waals surface area contributed by atoms with E-state index in [1.807, 2.05) is 6.92 Å². The lowest BCUT2D eigenvalue weighted by Crippen LogP contribution is -1.91. The molecule has 1 heterocycles. The van der Waals surface area contributed by atoms with Gasteiger partial charge in [0, 0.05) is 21.8 Å². The number of aryl methyl sites for hydroxylation is 1. The number of oxazole rings is 1. The Labute approximate surface area is 115 Å². The van der Waals surface area contributed by atoms with Crippen molar-refractivity contribution in [3.63, 3.8) is 0 Å². The van der Waals surface area contributed by atoms with Crippen molar-refractivity contribution in [2.45, 2.75) is 18.7 Å². The van der Waals surface area contributed by atoms with E-state index in [1.165, 1.54) is 12.1 Å². The normalized spacial score (nSPS) is 10.8. The van der Waals surface area contributed by atoms with Crippen LogP contribution in [0.1, 0.15) is 18.4 Å². The summed E-state index contributed by atoms with van der Waals surface area (Å²) in [5, 5.41) is 0.563. The minimum atomic E-state index is -0.269. The molecule has 0 amide bonds. The average Bonchev–Trinajstić information content (AvgIpc) is 2.76. The Bertz CT molecular complexity index is 539. The third-order valence-corrected chi connectivity index (χ3v) is 3.62. The van der Waals surface area contributed by atoms with Crippen LogP contribution in [0.3, 0.4) is 0 Å². The van der Waals surface area contributed by atoms with Gasteiger partial charge in [0.25, 0.3) is 0 Å². The molecule has 0 aliphatic carbocycles. The highest BCUT2D eigenvalue weighted by Gasteiger charge is 2.14. The summed E-state index contributed by atoms with van der Waals surface area (Å²) >= 11 is 6.72. The summed E-state index contributed by atoms with van der Waals surface area (Å²) in [6.45, 7) is 1.97. The summed E-state index contributed by atoms with van der Waals surface area (Å²) in [5.74, 6) is 0.408. The molecule has 0 aliphatic rings. The fraction of sp³-hybridized carbons (Fsp3) is 0.250. The lowest BCUT2D eigenvalue weighted by molar-refractivity contribution is 0.502. The van der Waals surface area contributed by atoms with Gasteiger partial charge in [-0.15, -0.1) is 0 Å². The van der Waals surface area contributed by atoms with Crippen LogP contribution in [-0.2, 0) is 11.8 Å². The van der Waals surface area contributed by atoms with Crippen LogP contribution in [-0.4, -0.2) is 4.98 Å². The Balaban J connectivity index is 2.57. The molecular weight excluding hydrogens is 353 g/mol. The van der Waals surface area contributed by atoms with E-state index in [0.29, 0.717) is 15.7 Å². The molecule has 17 heavy (non-hydrogen) atoms. The molecule has 0 N–H and O–H groups in total. The first kappa shape index (κ1) is 12.8. The second-order valence-electron chi connectivity index (χ2n) is 3.54. The molecule has 2 aromatic rings. The number of benzene rings is 1. The topological polar surface area (TPSA) is 26.0 Å². The third kappa shape index (κ3) is 2.60. The molecule has 1 aromatic heterocycles. The van der Waals surface area contributed by atoms with Gasteiger partial charge in [0.2, 0.25) is 0 Å². The summed E-state index contributed by atoms with van der Waals surface area (Å²) in [5.41, 5.74) is 2.43. The first-order valence-corrected chi connectivity index (χ1v) is 7.05. The monoisotopic (exact) mass is 361 g/mol. The van der Waals surface area contributed by atoms with E-state index in [9.17, 15) is 4.39 Å². The number of aromatic nitrogens is 1. The Hall–Kier alpha value is -0.680. The second-order valence-corrected chi connectivity index (χ2v) is 4.95. The third-order valence-electron chi connectivity index (χ3n) is 2.39. The molecule has 2 rings (SSSR count). The van der Waals surface area contributed by atoms with E-state index in [1.54, 1.807) is 6.26 Å². The fourth-order valence-corrected chi connectivity index (χ4v) is 2.73. The largest absolute Gasteiger partial charge is 0.448 e. The number of hydrogen-bond donors (Lipinski definition) is 0. The van der Waals surface area contributed by atoms with Crippen LogP contribution in [0.15, 0.2) is 27.3 Å². The number of nitrogens with zero attached hydrogens (tertiary/aromatic N) is 1. The van der Waals surface area contributed by atoms with Crippen molar-refractivity contribution >= 4 is 31.9 Å². The summed E-state index contributed by atoms with van der Waals surface area (Å²) in [6.07, 6.45) is 2.34. The number of hydrogen-bond acceptors (Lipinski definition) is 2. The van der Waals surface area contributed by atoms with Gasteiger partial charge in [0.05, 0.1) is 0 Å². The molecular formula is C12H10Br2FNO. The zero-order valence-electron chi connectivity index (χ0n) is 9.14. The van der Waals surface area contributed by atoms with Crippen LogP contribution in [0.25, 0.3) is 11.3 Å². The van der Waals surface area contributed by atoms with Crippen molar-refractivity contribution in [1.82, 2.24) is 4.98 Å². The first-order chi connectivity index (χ1) is 8.15. The maximum atomic E-state index is 13.3. The predicted octanol–water partition coefficient (Wildman–Crippen LogP) is 4.70. The highest BCUT2D eigenvalue weighted by atomic mass is 79.9. The SMILES string of the molecule is CCc1nc(-c2c(Br)cc(F)cc2CBr)co1. The molecule has 90 valence electrons. The van der Waals surface area contributed by atoms with Crippen LogP contribution in [0, 0.1) is 5.82 Å². The van der Waals surface area contributed by atoms with Gasteiger partial charge >= 0.3 is 0 Å². The van der Waals surface area contributed by atoms with Gasteiger partial charge in [-0.05, 0) is 33.6 Å². The average molecular weight is 363 g/mol. The lowest BCUT2D eigenvalue weighted by atomic mass is 10.1. The summed E-state index contributed by atoms with van der Waals surface area (Å²) in [6, 6.07) is 2.93. The van der Waals surface area contributed by atoms with Crippen LogP contribution in [0.4, 0.5) is 4.39 Å². The number of rotatable bonds is 3. The van der Waals surface area contributed by atoms with Crippen molar-refractivity contribution in [1.29, 1.82) is 0 Å². The summed E-state index contributed by atoms with van der Waals surface area (Å²) in [7, 11) is 0. The molecule has 0 unspecified atom stereocenters. The fourth-order valence-electron chi connectivity index (χ4n) is 1.61. The zero-order valence-corrected chi connectivity index (χ0v) is 12.3. The van der Waals surface area contributed by atoms with E-state index in [2.05, 4.69) is 36.8 Å². The molecule has 0 spiro atoms. The van der Waals surface area contributed by atoms with E-state index in [0.717, 1.165) is 23.2 Å². The van der Waals surface area contributed by atoms with E-state index >= 15 is 0 Å². The van der Waals surface area contributed by atoms with Gasteiger partial charge < -0.3 is 4.42 Å². The molecule has 0 fully saturated rings. The molecule has 0 atom stereocenters. The quantitative estimate of drug-likeness (QED) is 0.739. The van der Waals surface area contributed by atoms with Gasteiger partial charge in [0.15, 0.2) is 5.89 Å². The van der Waals surface area contributed by atoms with Gasteiger partial charge in [-0.2, -0.15) is 0 Å².